The molecule has 0 heterocycles. The van der Waals surface area contributed by atoms with Gasteiger partial charge < -0.3 is 4.74 Å². The predicted molar refractivity (Wildman–Crippen MR) is 47.6 cm³/mol. The van der Waals surface area contributed by atoms with Gasteiger partial charge in [-0.2, -0.15) is 0 Å². The van der Waals surface area contributed by atoms with Crippen LogP contribution < -0.4 is 0 Å². The summed E-state index contributed by atoms with van der Waals surface area (Å²) in [4.78, 5) is 0. The second kappa shape index (κ2) is 3.14. The molecule has 0 aromatic rings. The van der Waals surface area contributed by atoms with Crippen molar-refractivity contribution in [1.82, 2.24) is 0 Å². The molecule has 0 aromatic carbocycles. The summed E-state index contributed by atoms with van der Waals surface area (Å²) in [5, 5.41) is 0. The molecule has 1 saturated carbocycles. The van der Waals surface area contributed by atoms with Crippen LogP contribution in [0.5, 0.6) is 0 Å². The fraction of sp³-hybridized carbons (Fsp3) is 1.00. The van der Waals surface area contributed by atoms with Crippen LogP contribution in [0.4, 0.5) is 0 Å². The van der Waals surface area contributed by atoms with E-state index in [1.807, 2.05) is 0 Å². The van der Waals surface area contributed by atoms with Crippen LogP contribution in [0.2, 0.25) is 0 Å². The first kappa shape index (κ1) is 9.05. The summed E-state index contributed by atoms with van der Waals surface area (Å²) in [7, 11) is 0. The molecule has 0 aliphatic heterocycles. The van der Waals surface area contributed by atoms with Crippen molar-refractivity contribution in [3.63, 3.8) is 0 Å². The monoisotopic (exact) mass is 156 g/mol. The van der Waals surface area contributed by atoms with E-state index < -0.39 is 0 Å². The highest BCUT2D eigenvalue weighted by atomic mass is 16.5. The van der Waals surface area contributed by atoms with Crippen molar-refractivity contribution in [2.24, 2.45) is 5.92 Å². The Bertz CT molecular complexity index is 119. The van der Waals surface area contributed by atoms with Crippen molar-refractivity contribution in [2.45, 2.75) is 58.7 Å². The van der Waals surface area contributed by atoms with E-state index in [1.165, 1.54) is 19.3 Å². The fourth-order valence-electron chi connectivity index (χ4n) is 1.47. The molecule has 11 heavy (non-hydrogen) atoms. The minimum absolute atomic E-state index is 0.0360. The van der Waals surface area contributed by atoms with Crippen molar-refractivity contribution in [2.75, 3.05) is 0 Å². The zero-order valence-electron chi connectivity index (χ0n) is 8.18. The lowest BCUT2D eigenvalue weighted by molar-refractivity contribution is -0.0561. The van der Waals surface area contributed by atoms with Crippen LogP contribution >= 0.6 is 0 Å². The molecule has 1 aliphatic carbocycles. The van der Waals surface area contributed by atoms with E-state index in [9.17, 15) is 0 Å². The lowest BCUT2D eigenvalue weighted by atomic mass is 10.1. The van der Waals surface area contributed by atoms with Gasteiger partial charge in [-0.05, 0) is 40.0 Å². The molecule has 0 bridgehead atoms. The first-order chi connectivity index (χ1) is 4.97. The van der Waals surface area contributed by atoms with Gasteiger partial charge in [-0.25, -0.2) is 0 Å². The second-order valence-electron chi connectivity index (χ2n) is 4.72. The molecule has 1 aliphatic rings. The van der Waals surface area contributed by atoms with Crippen molar-refractivity contribution in [3.05, 3.63) is 0 Å². The Morgan fingerprint density at radius 2 is 1.91 bits per heavy atom. The maximum Gasteiger partial charge on any atom is 0.0602 e. The highest BCUT2D eigenvalue weighted by Crippen LogP contribution is 2.34. The van der Waals surface area contributed by atoms with Gasteiger partial charge in [0, 0.05) is 0 Å². The van der Waals surface area contributed by atoms with Gasteiger partial charge in [0.25, 0.3) is 0 Å². The Labute approximate surface area is 70.1 Å². The molecule has 1 unspecified atom stereocenters. The maximum absolute atomic E-state index is 5.79. The summed E-state index contributed by atoms with van der Waals surface area (Å²) in [6.45, 7) is 8.55. The maximum atomic E-state index is 5.79. The van der Waals surface area contributed by atoms with E-state index in [0.717, 1.165) is 5.92 Å². The van der Waals surface area contributed by atoms with Crippen LogP contribution in [-0.4, -0.2) is 11.7 Å². The van der Waals surface area contributed by atoms with Gasteiger partial charge >= 0.3 is 0 Å². The molecule has 1 rings (SSSR count). The fourth-order valence-corrected chi connectivity index (χ4v) is 1.47. The molecule has 1 atom stereocenters. The first-order valence-corrected chi connectivity index (χ1v) is 4.65. The van der Waals surface area contributed by atoms with E-state index >= 15 is 0 Å². The number of hydrogen-bond acceptors (Lipinski definition) is 1. The van der Waals surface area contributed by atoms with Gasteiger partial charge in [-0.1, -0.05) is 12.8 Å². The summed E-state index contributed by atoms with van der Waals surface area (Å²) >= 11 is 0. The highest BCUT2D eigenvalue weighted by molar-refractivity contribution is 4.76. The molecule has 0 N–H and O–H groups in total. The molecule has 0 amide bonds. The van der Waals surface area contributed by atoms with E-state index in [-0.39, 0.29) is 5.60 Å². The average molecular weight is 156 g/mol. The zero-order chi connectivity index (χ0) is 8.48. The Morgan fingerprint density at radius 3 is 2.27 bits per heavy atom. The summed E-state index contributed by atoms with van der Waals surface area (Å²) < 4.78 is 5.79. The SMILES string of the molecule is CC(CC1CC1)OC(C)(C)C. The zero-order valence-corrected chi connectivity index (χ0v) is 8.18. The van der Waals surface area contributed by atoms with Crippen molar-refractivity contribution in [1.29, 1.82) is 0 Å². The van der Waals surface area contributed by atoms with Crippen LogP contribution in [0.3, 0.4) is 0 Å². The van der Waals surface area contributed by atoms with Crippen LogP contribution in [0, 0.1) is 5.92 Å². The second-order valence-corrected chi connectivity index (χ2v) is 4.72. The molecule has 0 radical (unpaired) electrons. The van der Waals surface area contributed by atoms with Gasteiger partial charge in [0.15, 0.2) is 0 Å². The quantitative estimate of drug-likeness (QED) is 0.610. The summed E-state index contributed by atoms with van der Waals surface area (Å²) in [6.07, 6.45) is 4.56. The molecule has 0 spiro atoms. The third-order valence-corrected chi connectivity index (χ3v) is 1.92. The Kier molecular flexibility index (Phi) is 2.58. The van der Waals surface area contributed by atoms with Crippen molar-refractivity contribution < 1.29 is 4.74 Å². The Hall–Kier alpha value is -0.0400. The summed E-state index contributed by atoms with van der Waals surface area (Å²) in [5.74, 6) is 0.979. The van der Waals surface area contributed by atoms with Crippen LogP contribution in [0.15, 0.2) is 0 Å². The molecule has 1 nitrogen and oxygen atoms in total. The number of ether oxygens (including phenoxy) is 1. The summed E-state index contributed by atoms with van der Waals surface area (Å²) in [5.41, 5.74) is 0.0360. The topological polar surface area (TPSA) is 9.23 Å². The van der Waals surface area contributed by atoms with Gasteiger partial charge in [0.2, 0.25) is 0 Å². The lowest BCUT2D eigenvalue weighted by Crippen LogP contribution is -2.25. The molecule has 0 aromatic heterocycles. The smallest absolute Gasteiger partial charge is 0.0602 e. The van der Waals surface area contributed by atoms with E-state index in [4.69, 9.17) is 4.74 Å². The molecule has 0 saturated heterocycles. The van der Waals surface area contributed by atoms with E-state index in [1.54, 1.807) is 0 Å². The van der Waals surface area contributed by atoms with E-state index in [2.05, 4.69) is 27.7 Å². The third-order valence-electron chi connectivity index (χ3n) is 1.92. The molecule has 66 valence electrons. The minimum Gasteiger partial charge on any atom is -0.373 e. The molecule has 1 heteroatoms. The highest BCUT2D eigenvalue weighted by Gasteiger charge is 2.25. The molecular weight excluding hydrogens is 136 g/mol. The van der Waals surface area contributed by atoms with Gasteiger partial charge in [-0.3, -0.25) is 0 Å². The van der Waals surface area contributed by atoms with Crippen LogP contribution in [0.1, 0.15) is 47.0 Å². The molecule has 1 fully saturated rings. The normalized spacial score (nSPS) is 21.8. The van der Waals surface area contributed by atoms with Gasteiger partial charge in [0.1, 0.15) is 0 Å². The average Bonchev–Trinajstić information content (AvgIpc) is 2.42. The molecular formula is C10H20O. The lowest BCUT2D eigenvalue weighted by Gasteiger charge is -2.24. The van der Waals surface area contributed by atoms with Gasteiger partial charge in [-0.15, -0.1) is 0 Å². The summed E-state index contributed by atoms with van der Waals surface area (Å²) in [6, 6.07) is 0. The standard InChI is InChI=1S/C10H20O/c1-8(7-9-5-6-9)11-10(2,3)4/h8-9H,5-7H2,1-4H3. The minimum atomic E-state index is 0.0360. The van der Waals surface area contributed by atoms with Crippen molar-refractivity contribution in [3.8, 4) is 0 Å². The van der Waals surface area contributed by atoms with Crippen LogP contribution in [0.25, 0.3) is 0 Å². The predicted octanol–water partition coefficient (Wildman–Crippen LogP) is 2.99. The van der Waals surface area contributed by atoms with E-state index in [0.29, 0.717) is 6.10 Å². The van der Waals surface area contributed by atoms with Gasteiger partial charge in [0.05, 0.1) is 11.7 Å². The largest absolute Gasteiger partial charge is 0.373 e. The number of rotatable bonds is 3. The Morgan fingerprint density at radius 1 is 1.36 bits per heavy atom. The first-order valence-electron chi connectivity index (χ1n) is 4.65. The van der Waals surface area contributed by atoms with Crippen LogP contribution in [-0.2, 0) is 4.74 Å². The third kappa shape index (κ3) is 4.41. The number of hydrogen-bond donors (Lipinski definition) is 0. The van der Waals surface area contributed by atoms with Crippen molar-refractivity contribution >= 4 is 0 Å². The Balaban J connectivity index is 2.13.